The summed E-state index contributed by atoms with van der Waals surface area (Å²) in [6.45, 7) is 0. The molecule has 0 aliphatic heterocycles. The highest BCUT2D eigenvalue weighted by atomic mass is 35.5. The molecule has 4 nitrogen and oxygen atoms in total. The lowest BCUT2D eigenvalue weighted by atomic mass is 10.2. The molecule has 0 radical (unpaired) electrons. The predicted molar refractivity (Wildman–Crippen MR) is 87.2 cm³/mol. The highest BCUT2D eigenvalue weighted by Crippen LogP contribution is 2.18. The van der Waals surface area contributed by atoms with Crippen LogP contribution in [0.5, 0.6) is 0 Å². The fraction of sp³-hybridized carbons (Fsp3) is 0. The van der Waals surface area contributed by atoms with Crippen LogP contribution in [0.1, 0.15) is 5.56 Å². The summed E-state index contributed by atoms with van der Waals surface area (Å²) in [6, 6.07) is 13.3. The molecule has 7 heteroatoms. The summed E-state index contributed by atoms with van der Waals surface area (Å²) in [7, 11) is 0. The lowest BCUT2D eigenvalue weighted by Crippen LogP contribution is -1.95. The molecule has 0 atom stereocenters. The molecule has 3 rings (SSSR count). The fourth-order valence-corrected chi connectivity index (χ4v) is 2.19. The Balaban J connectivity index is 1.99. The van der Waals surface area contributed by atoms with Crippen LogP contribution >= 0.6 is 23.8 Å². The minimum atomic E-state index is -0.348. The Morgan fingerprint density at radius 3 is 2.73 bits per heavy atom. The van der Waals surface area contributed by atoms with E-state index in [1.54, 1.807) is 30.5 Å². The molecule has 0 unspecified atom stereocenters. The van der Waals surface area contributed by atoms with Crippen LogP contribution in [-0.2, 0) is 0 Å². The van der Waals surface area contributed by atoms with Crippen LogP contribution in [0.15, 0.2) is 53.6 Å². The van der Waals surface area contributed by atoms with Gasteiger partial charge < -0.3 is 0 Å². The molecular weight excluding hydrogens is 323 g/mol. The fourth-order valence-electron chi connectivity index (χ4n) is 1.89. The quantitative estimate of drug-likeness (QED) is 0.574. The SMILES string of the molecule is Fc1cccc(-c2n[nH]c(=S)n2/N=C\c2ccc(Cl)cc2)c1. The Hall–Kier alpha value is -2.31. The van der Waals surface area contributed by atoms with Gasteiger partial charge in [-0.05, 0) is 42.0 Å². The molecule has 1 heterocycles. The van der Waals surface area contributed by atoms with E-state index in [1.165, 1.54) is 16.8 Å². The first kappa shape index (κ1) is 14.6. The molecule has 0 saturated heterocycles. The zero-order chi connectivity index (χ0) is 15.5. The van der Waals surface area contributed by atoms with E-state index in [9.17, 15) is 4.39 Å². The van der Waals surface area contributed by atoms with Crippen molar-refractivity contribution >= 4 is 30.0 Å². The molecule has 0 aliphatic carbocycles. The number of nitrogens with zero attached hydrogens (tertiary/aromatic N) is 3. The Morgan fingerprint density at radius 2 is 2.00 bits per heavy atom. The van der Waals surface area contributed by atoms with Crippen LogP contribution in [0, 0.1) is 10.6 Å². The molecule has 0 saturated carbocycles. The molecule has 3 aromatic rings. The molecule has 2 aromatic carbocycles. The molecule has 0 bridgehead atoms. The average Bonchev–Trinajstić information content (AvgIpc) is 2.88. The number of aromatic nitrogens is 3. The minimum absolute atomic E-state index is 0.324. The third kappa shape index (κ3) is 3.13. The zero-order valence-electron chi connectivity index (χ0n) is 11.2. The summed E-state index contributed by atoms with van der Waals surface area (Å²) in [5.41, 5.74) is 1.44. The zero-order valence-corrected chi connectivity index (χ0v) is 12.8. The van der Waals surface area contributed by atoms with Crippen molar-refractivity contribution in [3.63, 3.8) is 0 Å². The first-order valence-corrected chi connectivity index (χ1v) is 7.15. The molecule has 110 valence electrons. The Bertz CT molecular complexity index is 883. The van der Waals surface area contributed by atoms with E-state index in [0.717, 1.165) is 5.56 Å². The summed E-state index contributed by atoms with van der Waals surface area (Å²) in [4.78, 5) is 0. The van der Waals surface area contributed by atoms with Crippen molar-refractivity contribution in [1.29, 1.82) is 0 Å². The van der Waals surface area contributed by atoms with Gasteiger partial charge in [0.2, 0.25) is 4.77 Å². The van der Waals surface area contributed by atoms with Crippen molar-refractivity contribution in [2.75, 3.05) is 0 Å². The summed E-state index contributed by atoms with van der Waals surface area (Å²) in [5, 5.41) is 11.7. The van der Waals surface area contributed by atoms with Crippen LogP contribution in [0.3, 0.4) is 0 Å². The van der Waals surface area contributed by atoms with Gasteiger partial charge in [-0.2, -0.15) is 14.9 Å². The topological polar surface area (TPSA) is 46.0 Å². The molecule has 1 aromatic heterocycles. The summed E-state index contributed by atoms with van der Waals surface area (Å²) in [6.07, 6.45) is 1.63. The lowest BCUT2D eigenvalue weighted by Gasteiger charge is -2.01. The predicted octanol–water partition coefficient (Wildman–Crippen LogP) is 4.28. The summed E-state index contributed by atoms with van der Waals surface area (Å²) in [5.74, 6) is 0.0920. The van der Waals surface area contributed by atoms with Gasteiger partial charge in [0.05, 0.1) is 6.21 Å². The van der Waals surface area contributed by atoms with Crippen LogP contribution in [-0.4, -0.2) is 21.1 Å². The van der Waals surface area contributed by atoms with Gasteiger partial charge in [-0.25, -0.2) is 9.49 Å². The number of nitrogens with one attached hydrogen (secondary N) is 1. The van der Waals surface area contributed by atoms with E-state index in [-0.39, 0.29) is 5.82 Å². The molecule has 0 fully saturated rings. The number of hydrogen-bond acceptors (Lipinski definition) is 3. The maximum absolute atomic E-state index is 13.4. The summed E-state index contributed by atoms with van der Waals surface area (Å²) < 4.78 is 15.1. The first-order chi connectivity index (χ1) is 10.6. The second-order valence-corrected chi connectivity index (χ2v) is 5.29. The number of halogens is 2. The maximum atomic E-state index is 13.4. The third-order valence-electron chi connectivity index (χ3n) is 2.93. The number of hydrogen-bond donors (Lipinski definition) is 1. The smallest absolute Gasteiger partial charge is 0.216 e. The van der Waals surface area contributed by atoms with Crippen LogP contribution in [0.25, 0.3) is 11.4 Å². The van der Waals surface area contributed by atoms with E-state index < -0.39 is 0 Å². The van der Waals surface area contributed by atoms with Crippen LogP contribution < -0.4 is 0 Å². The average molecular weight is 333 g/mol. The van der Waals surface area contributed by atoms with Crippen LogP contribution in [0.4, 0.5) is 4.39 Å². The highest BCUT2D eigenvalue weighted by Gasteiger charge is 2.08. The standard InChI is InChI=1S/C15H10ClFN4S/c16-12-6-4-10(5-7-12)9-18-21-14(19-20-15(21)22)11-2-1-3-13(17)8-11/h1-9H,(H,20,22)/b18-9-. The van der Waals surface area contributed by atoms with Crippen molar-refractivity contribution in [1.82, 2.24) is 14.9 Å². The molecule has 0 spiro atoms. The van der Waals surface area contributed by atoms with Gasteiger partial charge in [0.15, 0.2) is 5.82 Å². The monoisotopic (exact) mass is 332 g/mol. The number of aromatic amines is 1. The van der Waals surface area contributed by atoms with Gasteiger partial charge in [-0.15, -0.1) is 0 Å². The minimum Gasteiger partial charge on any atom is -0.250 e. The Labute approximate surface area is 135 Å². The van der Waals surface area contributed by atoms with Gasteiger partial charge in [0, 0.05) is 10.6 Å². The second kappa shape index (κ2) is 6.21. The van der Waals surface area contributed by atoms with E-state index in [4.69, 9.17) is 23.8 Å². The number of benzene rings is 2. The van der Waals surface area contributed by atoms with Crippen molar-refractivity contribution in [2.24, 2.45) is 5.10 Å². The van der Waals surface area contributed by atoms with Crippen LogP contribution in [0.2, 0.25) is 5.02 Å². The first-order valence-electron chi connectivity index (χ1n) is 6.37. The Kier molecular flexibility index (Phi) is 4.13. The second-order valence-electron chi connectivity index (χ2n) is 4.47. The molecule has 0 aliphatic rings. The lowest BCUT2D eigenvalue weighted by molar-refractivity contribution is 0.628. The normalized spacial score (nSPS) is 11.2. The summed E-state index contributed by atoms with van der Waals surface area (Å²) >= 11 is 11.0. The van der Waals surface area contributed by atoms with Gasteiger partial charge in [-0.1, -0.05) is 35.9 Å². The van der Waals surface area contributed by atoms with E-state index >= 15 is 0 Å². The van der Waals surface area contributed by atoms with Gasteiger partial charge in [0.25, 0.3) is 0 Å². The van der Waals surface area contributed by atoms with Gasteiger partial charge in [-0.3, -0.25) is 0 Å². The highest BCUT2D eigenvalue weighted by molar-refractivity contribution is 7.71. The third-order valence-corrected chi connectivity index (χ3v) is 3.44. The van der Waals surface area contributed by atoms with E-state index in [2.05, 4.69) is 15.3 Å². The molecule has 22 heavy (non-hydrogen) atoms. The molecule has 0 amide bonds. The number of H-pyrrole nitrogens is 1. The van der Waals surface area contributed by atoms with Crippen molar-refractivity contribution in [3.05, 3.63) is 69.7 Å². The van der Waals surface area contributed by atoms with Crippen molar-refractivity contribution in [2.45, 2.75) is 0 Å². The van der Waals surface area contributed by atoms with Crippen molar-refractivity contribution in [3.8, 4) is 11.4 Å². The largest absolute Gasteiger partial charge is 0.250 e. The van der Waals surface area contributed by atoms with E-state index in [0.29, 0.717) is 21.2 Å². The molecule has 1 N–H and O–H groups in total. The molecular formula is C15H10ClFN4S. The van der Waals surface area contributed by atoms with E-state index in [1.807, 2.05) is 12.1 Å². The number of rotatable bonds is 3. The van der Waals surface area contributed by atoms with Crippen molar-refractivity contribution < 1.29 is 4.39 Å². The maximum Gasteiger partial charge on any atom is 0.216 e. The Morgan fingerprint density at radius 1 is 1.23 bits per heavy atom. The van der Waals surface area contributed by atoms with Gasteiger partial charge >= 0.3 is 0 Å². The van der Waals surface area contributed by atoms with Gasteiger partial charge in [0.1, 0.15) is 5.82 Å².